The van der Waals surface area contributed by atoms with Gasteiger partial charge in [-0.15, -0.1) is 12.4 Å². The van der Waals surface area contributed by atoms with Crippen molar-refractivity contribution < 1.29 is 9.90 Å². The van der Waals surface area contributed by atoms with Crippen LogP contribution in [0.3, 0.4) is 0 Å². The molecule has 2 unspecified atom stereocenters. The number of nitrogens with one attached hydrogen (secondary N) is 2. The second-order valence-electron chi connectivity index (χ2n) is 4.35. The molecule has 0 aromatic heterocycles. The Bertz CT molecular complexity index is 436. The molecule has 0 saturated carbocycles. The van der Waals surface area contributed by atoms with E-state index in [2.05, 4.69) is 10.6 Å². The van der Waals surface area contributed by atoms with Gasteiger partial charge in [0.25, 0.3) is 5.91 Å². The Balaban J connectivity index is 0.00000180. The molecule has 19 heavy (non-hydrogen) atoms. The minimum absolute atomic E-state index is 0. The highest BCUT2D eigenvalue weighted by Gasteiger charge is 2.25. The number of amides is 1. The van der Waals surface area contributed by atoms with Crippen molar-refractivity contribution in [1.29, 1.82) is 0 Å². The van der Waals surface area contributed by atoms with Gasteiger partial charge < -0.3 is 15.7 Å². The van der Waals surface area contributed by atoms with Gasteiger partial charge in [-0.3, -0.25) is 4.79 Å². The van der Waals surface area contributed by atoms with Crippen LogP contribution >= 0.6 is 35.6 Å². The first-order valence-electron chi connectivity index (χ1n) is 5.69. The summed E-state index contributed by atoms with van der Waals surface area (Å²) in [5.41, 5.74) is 0.424. The van der Waals surface area contributed by atoms with Crippen LogP contribution < -0.4 is 10.6 Å². The number of rotatable bonds is 3. The molecule has 0 radical (unpaired) electrons. The minimum Gasteiger partial charge on any atom is -0.391 e. The molecule has 7 heteroatoms. The topological polar surface area (TPSA) is 61.4 Å². The molecule has 0 bridgehead atoms. The minimum atomic E-state index is -0.409. The van der Waals surface area contributed by atoms with Crippen molar-refractivity contribution in [2.45, 2.75) is 6.10 Å². The van der Waals surface area contributed by atoms with Crippen LogP contribution in [0.25, 0.3) is 0 Å². The fourth-order valence-corrected chi connectivity index (χ4v) is 2.46. The van der Waals surface area contributed by atoms with Crippen LogP contribution in [-0.4, -0.2) is 36.8 Å². The zero-order valence-electron chi connectivity index (χ0n) is 10.0. The molecular weight excluding hydrogens is 311 g/mol. The van der Waals surface area contributed by atoms with E-state index < -0.39 is 6.10 Å². The number of carbonyl (C=O) groups excluding carboxylic acids is 1. The Labute approximate surface area is 127 Å². The van der Waals surface area contributed by atoms with Gasteiger partial charge in [0.2, 0.25) is 0 Å². The van der Waals surface area contributed by atoms with E-state index in [1.165, 1.54) is 0 Å². The van der Waals surface area contributed by atoms with Gasteiger partial charge in [0.1, 0.15) is 0 Å². The number of halogens is 3. The second-order valence-corrected chi connectivity index (χ2v) is 5.23. The standard InChI is InChI=1S/C12H14Cl2N2O2.ClH/c13-9-1-7(2-10(14)3-9)12(18)16-5-8-4-15-6-11(8)17;/h1-3,8,11,15,17H,4-6H2,(H,16,18);1H. The Kier molecular flexibility index (Phi) is 6.36. The van der Waals surface area contributed by atoms with Crippen molar-refractivity contribution in [3.8, 4) is 0 Å². The number of hydrogen-bond donors (Lipinski definition) is 3. The lowest BCUT2D eigenvalue weighted by molar-refractivity contribution is 0.0927. The van der Waals surface area contributed by atoms with Gasteiger partial charge in [-0.05, 0) is 18.2 Å². The maximum atomic E-state index is 11.9. The molecule has 3 N–H and O–H groups in total. The average molecular weight is 326 g/mol. The van der Waals surface area contributed by atoms with Crippen LogP contribution in [0.1, 0.15) is 10.4 Å². The molecule has 2 rings (SSSR count). The van der Waals surface area contributed by atoms with E-state index in [4.69, 9.17) is 23.2 Å². The van der Waals surface area contributed by atoms with Gasteiger partial charge in [0.05, 0.1) is 6.10 Å². The predicted octanol–water partition coefficient (Wildman–Crippen LogP) is 1.73. The molecule has 106 valence electrons. The van der Waals surface area contributed by atoms with E-state index >= 15 is 0 Å². The first kappa shape index (κ1) is 16.5. The highest BCUT2D eigenvalue weighted by molar-refractivity contribution is 6.35. The molecule has 1 aromatic carbocycles. The third-order valence-corrected chi connectivity index (χ3v) is 3.39. The summed E-state index contributed by atoms with van der Waals surface area (Å²) in [5, 5.41) is 16.3. The summed E-state index contributed by atoms with van der Waals surface area (Å²) in [5.74, 6) is -0.192. The number of aliphatic hydroxyl groups is 1. The zero-order valence-corrected chi connectivity index (χ0v) is 12.4. The third-order valence-electron chi connectivity index (χ3n) is 2.95. The fourth-order valence-electron chi connectivity index (χ4n) is 1.94. The maximum absolute atomic E-state index is 11.9. The SMILES string of the molecule is Cl.O=C(NCC1CNCC1O)c1cc(Cl)cc(Cl)c1. The lowest BCUT2D eigenvalue weighted by atomic mass is 10.1. The van der Waals surface area contributed by atoms with Crippen LogP contribution in [0.15, 0.2) is 18.2 Å². The van der Waals surface area contributed by atoms with Gasteiger partial charge in [-0.1, -0.05) is 23.2 Å². The van der Waals surface area contributed by atoms with Crippen LogP contribution in [0.2, 0.25) is 10.0 Å². The Morgan fingerprint density at radius 2 is 1.95 bits per heavy atom. The Hall–Kier alpha value is -0.520. The lowest BCUT2D eigenvalue weighted by Gasteiger charge is -2.14. The van der Waals surface area contributed by atoms with Crippen molar-refractivity contribution >= 4 is 41.5 Å². The van der Waals surface area contributed by atoms with Crippen LogP contribution in [0.4, 0.5) is 0 Å². The molecule has 1 aliphatic rings. The lowest BCUT2D eigenvalue weighted by Crippen LogP contribution is -2.34. The molecule has 1 aliphatic heterocycles. The first-order valence-corrected chi connectivity index (χ1v) is 6.45. The molecule has 1 heterocycles. The molecule has 1 amide bonds. The van der Waals surface area contributed by atoms with Crippen LogP contribution in [0.5, 0.6) is 0 Å². The van der Waals surface area contributed by atoms with E-state index in [0.29, 0.717) is 35.2 Å². The number of β-amino-alcohol motifs (C(OH)–C–C–N with tert-alkyl or cyclic N) is 1. The molecule has 1 aromatic rings. The molecule has 2 atom stereocenters. The van der Waals surface area contributed by atoms with Gasteiger partial charge in [0.15, 0.2) is 0 Å². The van der Waals surface area contributed by atoms with Crippen molar-refractivity contribution in [3.05, 3.63) is 33.8 Å². The molecule has 0 spiro atoms. The van der Waals surface area contributed by atoms with Crippen molar-refractivity contribution in [2.24, 2.45) is 5.92 Å². The average Bonchev–Trinajstić information content (AvgIpc) is 2.70. The summed E-state index contributed by atoms with van der Waals surface area (Å²) in [6.07, 6.45) is -0.409. The summed E-state index contributed by atoms with van der Waals surface area (Å²) >= 11 is 11.7. The molecule has 4 nitrogen and oxygen atoms in total. The maximum Gasteiger partial charge on any atom is 0.251 e. The van der Waals surface area contributed by atoms with E-state index in [1.807, 2.05) is 0 Å². The van der Waals surface area contributed by atoms with E-state index in [-0.39, 0.29) is 24.2 Å². The van der Waals surface area contributed by atoms with Crippen molar-refractivity contribution in [3.63, 3.8) is 0 Å². The molecule has 1 fully saturated rings. The predicted molar refractivity (Wildman–Crippen MR) is 78.4 cm³/mol. The smallest absolute Gasteiger partial charge is 0.251 e. The normalized spacial score (nSPS) is 21.8. The highest BCUT2D eigenvalue weighted by atomic mass is 35.5. The van der Waals surface area contributed by atoms with Crippen LogP contribution in [-0.2, 0) is 0 Å². The summed E-state index contributed by atoms with van der Waals surface area (Å²) in [6, 6.07) is 4.70. The van der Waals surface area contributed by atoms with Crippen molar-refractivity contribution in [2.75, 3.05) is 19.6 Å². The first-order chi connectivity index (χ1) is 8.56. The summed E-state index contributed by atoms with van der Waals surface area (Å²) in [6.45, 7) is 1.71. The third kappa shape index (κ3) is 4.51. The molecule has 1 saturated heterocycles. The highest BCUT2D eigenvalue weighted by Crippen LogP contribution is 2.19. The monoisotopic (exact) mass is 324 g/mol. The van der Waals surface area contributed by atoms with E-state index in [0.717, 1.165) is 0 Å². The zero-order chi connectivity index (χ0) is 13.1. The largest absolute Gasteiger partial charge is 0.391 e. The summed E-state index contributed by atoms with van der Waals surface area (Å²) in [4.78, 5) is 11.9. The Morgan fingerprint density at radius 1 is 1.32 bits per heavy atom. The van der Waals surface area contributed by atoms with Crippen molar-refractivity contribution in [1.82, 2.24) is 10.6 Å². The van der Waals surface area contributed by atoms with Gasteiger partial charge in [0, 0.05) is 41.2 Å². The number of hydrogen-bond acceptors (Lipinski definition) is 3. The Morgan fingerprint density at radius 3 is 2.47 bits per heavy atom. The number of carbonyl (C=O) groups is 1. The summed E-state index contributed by atoms with van der Waals surface area (Å²) < 4.78 is 0. The molecular formula is C12H15Cl3N2O2. The van der Waals surface area contributed by atoms with Gasteiger partial charge in [-0.2, -0.15) is 0 Å². The summed E-state index contributed by atoms with van der Waals surface area (Å²) in [7, 11) is 0. The number of benzene rings is 1. The van der Waals surface area contributed by atoms with Gasteiger partial charge >= 0.3 is 0 Å². The van der Waals surface area contributed by atoms with Gasteiger partial charge in [-0.25, -0.2) is 0 Å². The fraction of sp³-hybridized carbons (Fsp3) is 0.417. The quantitative estimate of drug-likeness (QED) is 0.793. The van der Waals surface area contributed by atoms with E-state index in [1.54, 1.807) is 18.2 Å². The number of aliphatic hydroxyl groups excluding tert-OH is 1. The van der Waals surface area contributed by atoms with Crippen LogP contribution in [0, 0.1) is 5.92 Å². The van der Waals surface area contributed by atoms with E-state index in [9.17, 15) is 9.90 Å². The molecule has 0 aliphatic carbocycles. The second kappa shape index (κ2) is 7.31.